The Morgan fingerprint density at radius 1 is 0.941 bits per heavy atom. The van der Waals surface area contributed by atoms with Crippen molar-refractivity contribution in [2.75, 3.05) is 0 Å². The maximum atomic E-state index is 2.54. The van der Waals surface area contributed by atoms with Gasteiger partial charge in [-0.05, 0) is 11.8 Å². The smallest absolute Gasteiger partial charge is 0.0735 e. The van der Waals surface area contributed by atoms with Crippen molar-refractivity contribution in [1.29, 1.82) is 0 Å². The Labute approximate surface area is 109 Å². The first-order valence-corrected chi connectivity index (χ1v) is 8.03. The number of fused-ring (bicyclic) bond motifs is 1. The number of rotatable bonds is 2. The van der Waals surface area contributed by atoms with Crippen LogP contribution in [0.4, 0.5) is 0 Å². The maximum Gasteiger partial charge on any atom is 0.149 e. The van der Waals surface area contributed by atoms with Crippen molar-refractivity contribution in [3.8, 4) is 0 Å². The van der Waals surface area contributed by atoms with Gasteiger partial charge in [0.15, 0.2) is 0 Å². The van der Waals surface area contributed by atoms with E-state index in [4.69, 9.17) is 0 Å². The first kappa shape index (κ1) is 13.5. The lowest BCUT2D eigenvalue weighted by atomic mass is 9.21. The van der Waals surface area contributed by atoms with Gasteiger partial charge >= 0.3 is 0 Å². The second kappa shape index (κ2) is 5.37. The Kier molecular flexibility index (Phi) is 4.26. The molecule has 0 radical (unpaired) electrons. The third kappa shape index (κ3) is 2.74. The Morgan fingerprint density at radius 2 is 1.59 bits per heavy atom. The van der Waals surface area contributed by atoms with Crippen LogP contribution < -0.4 is 0 Å². The van der Waals surface area contributed by atoms with Crippen LogP contribution in [0.5, 0.6) is 0 Å². The van der Waals surface area contributed by atoms with Gasteiger partial charge in [-0.1, -0.05) is 90.1 Å². The molecule has 0 bridgehead atoms. The van der Waals surface area contributed by atoms with Gasteiger partial charge in [0.05, 0.1) is 0 Å². The molecule has 0 nitrogen and oxygen atoms in total. The highest BCUT2D eigenvalue weighted by Crippen LogP contribution is 2.53. The minimum atomic E-state index is 0.549. The molecule has 17 heavy (non-hydrogen) atoms. The maximum absolute atomic E-state index is 2.54. The molecule has 0 aromatic rings. The summed E-state index contributed by atoms with van der Waals surface area (Å²) < 4.78 is 0. The van der Waals surface area contributed by atoms with E-state index in [1.165, 1.54) is 51.3 Å². The van der Waals surface area contributed by atoms with Gasteiger partial charge in [0.2, 0.25) is 0 Å². The highest BCUT2D eigenvalue weighted by molar-refractivity contribution is 6.64. The Balaban J connectivity index is 2.15. The van der Waals surface area contributed by atoms with Crippen LogP contribution in [-0.4, -0.2) is 6.71 Å². The molecular formula is C16H31B. The van der Waals surface area contributed by atoms with Crippen LogP contribution in [0.25, 0.3) is 0 Å². The molecule has 0 N–H and O–H groups in total. The molecule has 98 valence electrons. The molecule has 0 aromatic heterocycles. The minimum Gasteiger partial charge on any atom is -0.0735 e. The van der Waals surface area contributed by atoms with Gasteiger partial charge < -0.3 is 0 Å². The topological polar surface area (TPSA) is 0 Å². The fraction of sp³-hybridized carbons (Fsp3) is 1.00. The van der Waals surface area contributed by atoms with E-state index in [0.29, 0.717) is 5.31 Å². The molecule has 0 spiro atoms. The van der Waals surface area contributed by atoms with Crippen molar-refractivity contribution in [1.82, 2.24) is 0 Å². The zero-order valence-electron chi connectivity index (χ0n) is 12.5. The molecule has 1 aliphatic heterocycles. The van der Waals surface area contributed by atoms with E-state index in [-0.39, 0.29) is 0 Å². The van der Waals surface area contributed by atoms with Crippen molar-refractivity contribution in [2.45, 2.75) is 90.1 Å². The summed E-state index contributed by atoms with van der Waals surface area (Å²) in [5.74, 6) is 2.97. The summed E-state index contributed by atoms with van der Waals surface area (Å²) in [6.07, 6.45) is 12.1. The zero-order valence-corrected chi connectivity index (χ0v) is 12.5. The summed E-state index contributed by atoms with van der Waals surface area (Å²) in [5.41, 5.74) is 0. The van der Waals surface area contributed by atoms with E-state index >= 15 is 0 Å². The van der Waals surface area contributed by atoms with E-state index in [9.17, 15) is 0 Å². The number of hydrogen-bond donors (Lipinski definition) is 0. The fourth-order valence-electron chi connectivity index (χ4n) is 4.47. The van der Waals surface area contributed by atoms with Crippen LogP contribution in [0.2, 0.25) is 17.5 Å². The van der Waals surface area contributed by atoms with Gasteiger partial charge in [0.25, 0.3) is 0 Å². The lowest BCUT2D eigenvalue weighted by molar-refractivity contribution is 0.366. The lowest BCUT2D eigenvalue weighted by Gasteiger charge is -2.46. The molecule has 0 amide bonds. The Morgan fingerprint density at radius 3 is 2.29 bits per heavy atom. The monoisotopic (exact) mass is 234 g/mol. The largest absolute Gasteiger partial charge is 0.149 e. The fourth-order valence-corrected chi connectivity index (χ4v) is 4.47. The SMILES string of the molecule is CC(C)C(C)(C)B1CCC[C@H]2CCCCC[C@H]12. The summed E-state index contributed by atoms with van der Waals surface area (Å²) in [4.78, 5) is 0. The molecule has 1 aliphatic carbocycles. The molecule has 1 saturated carbocycles. The molecule has 0 unspecified atom stereocenters. The van der Waals surface area contributed by atoms with E-state index < -0.39 is 0 Å². The van der Waals surface area contributed by atoms with Crippen molar-refractivity contribution in [3.63, 3.8) is 0 Å². The molecule has 2 fully saturated rings. The van der Waals surface area contributed by atoms with E-state index in [1.807, 2.05) is 0 Å². The average molecular weight is 234 g/mol. The van der Waals surface area contributed by atoms with Crippen LogP contribution in [0.15, 0.2) is 0 Å². The molecule has 2 atom stereocenters. The summed E-state index contributed by atoms with van der Waals surface area (Å²) in [6.45, 7) is 10.9. The third-order valence-corrected chi connectivity index (χ3v) is 6.27. The van der Waals surface area contributed by atoms with Gasteiger partial charge in [-0.3, -0.25) is 0 Å². The van der Waals surface area contributed by atoms with Crippen LogP contribution >= 0.6 is 0 Å². The normalized spacial score (nSPS) is 31.2. The predicted octanol–water partition coefficient (Wildman–Crippen LogP) is 5.66. The first-order chi connectivity index (χ1) is 8.03. The van der Waals surface area contributed by atoms with Gasteiger partial charge in [-0.15, -0.1) is 0 Å². The molecule has 2 aliphatic rings. The lowest BCUT2D eigenvalue weighted by Crippen LogP contribution is -2.41. The van der Waals surface area contributed by atoms with E-state index in [2.05, 4.69) is 27.7 Å². The van der Waals surface area contributed by atoms with Crippen LogP contribution in [0, 0.1) is 11.8 Å². The third-order valence-electron chi connectivity index (χ3n) is 6.27. The molecule has 0 aromatic carbocycles. The van der Waals surface area contributed by atoms with Gasteiger partial charge in [-0.25, -0.2) is 0 Å². The van der Waals surface area contributed by atoms with Crippen molar-refractivity contribution < 1.29 is 0 Å². The first-order valence-electron chi connectivity index (χ1n) is 8.03. The number of hydrogen-bond acceptors (Lipinski definition) is 0. The summed E-state index contributed by atoms with van der Waals surface area (Å²) >= 11 is 0. The van der Waals surface area contributed by atoms with E-state index in [1.54, 1.807) is 0 Å². The minimum absolute atomic E-state index is 0.549. The standard InChI is InChI=1S/C16H31B/c1-13(2)16(3,4)17-12-8-10-14-9-6-5-7-11-15(14)17/h13-15H,5-12H2,1-4H3/t14-,15+/m1/s1. The molecule has 1 saturated heterocycles. The van der Waals surface area contributed by atoms with Gasteiger partial charge in [0.1, 0.15) is 6.71 Å². The molecule has 2 rings (SSSR count). The summed E-state index contributed by atoms with van der Waals surface area (Å²) in [7, 11) is 0. The van der Waals surface area contributed by atoms with Crippen LogP contribution in [0.3, 0.4) is 0 Å². The predicted molar refractivity (Wildman–Crippen MR) is 79.0 cm³/mol. The molecule has 1 heterocycles. The van der Waals surface area contributed by atoms with Crippen LogP contribution in [-0.2, 0) is 0 Å². The Bertz CT molecular complexity index is 244. The highest BCUT2D eigenvalue weighted by atomic mass is 14.3. The van der Waals surface area contributed by atoms with Crippen molar-refractivity contribution in [3.05, 3.63) is 0 Å². The van der Waals surface area contributed by atoms with Crippen molar-refractivity contribution >= 4 is 6.71 Å². The van der Waals surface area contributed by atoms with Crippen molar-refractivity contribution in [2.24, 2.45) is 11.8 Å². The summed E-state index contributed by atoms with van der Waals surface area (Å²) in [5, 5.41) is 0.549. The molecular weight excluding hydrogens is 203 g/mol. The van der Waals surface area contributed by atoms with Crippen LogP contribution in [0.1, 0.15) is 72.6 Å². The average Bonchev–Trinajstić information content (AvgIpc) is 2.52. The molecule has 1 heteroatoms. The quantitative estimate of drug-likeness (QED) is 0.540. The highest BCUT2D eigenvalue weighted by Gasteiger charge is 2.45. The second-order valence-corrected chi connectivity index (χ2v) is 7.58. The van der Waals surface area contributed by atoms with E-state index in [0.717, 1.165) is 24.4 Å². The summed E-state index contributed by atoms with van der Waals surface area (Å²) in [6, 6.07) is 0. The van der Waals surface area contributed by atoms with Gasteiger partial charge in [0, 0.05) is 0 Å². The second-order valence-electron chi connectivity index (χ2n) is 7.58. The Hall–Kier alpha value is 0.0649. The zero-order chi connectivity index (χ0) is 12.5. The van der Waals surface area contributed by atoms with Gasteiger partial charge in [-0.2, -0.15) is 0 Å².